The lowest BCUT2D eigenvalue weighted by atomic mass is 10.1. The summed E-state index contributed by atoms with van der Waals surface area (Å²) in [6.45, 7) is -0.344. The molecule has 0 radical (unpaired) electrons. The van der Waals surface area contributed by atoms with Crippen LogP contribution in [0.25, 0.3) is 0 Å². The van der Waals surface area contributed by atoms with Gasteiger partial charge in [-0.15, -0.1) is 12.4 Å². The fraction of sp³-hybridized carbons (Fsp3) is 0.579. The van der Waals surface area contributed by atoms with Gasteiger partial charge in [-0.1, -0.05) is 12.1 Å². The van der Waals surface area contributed by atoms with Gasteiger partial charge in [0.1, 0.15) is 11.8 Å². The summed E-state index contributed by atoms with van der Waals surface area (Å²) in [6.07, 6.45) is 2.25. The Morgan fingerprint density at radius 2 is 2.00 bits per heavy atom. The molecule has 156 valence electrons. The normalized spacial score (nSPS) is 21.7. The smallest absolute Gasteiger partial charge is 0.387 e. The van der Waals surface area contributed by atoms with Crippen LogP contribution in [-0.4, -0.2) is 67.5 Å². The predicted octanol–water partition coefficient (Wildman–Crippen LogP) is 2.38. The number of alkyl halides is 2. The third-order valence-electron chi connectivity index (χ3n) is 5.22. The van der Waals surface area contributed by atoms with Crippen molar-refractivity contribution >= 4 is 24.2 Å². The second-order valence-corrected chi connectivity index (χ2v) is 7.03. The van der Waals surface area contributed by atoms with E-state index in [4.69, 9.17) is 0 Å². The maximum absolute atomic E-state index is 13.0. The summed E-state index contributed by atoms with van der Waals surface area (Å²) in [5.74, 6) is -0.227. The zero-order valence-corrected chi connectivity index (χ0v) is 16.6. The van der Waals surface area contributed by atoms with Crippen LogP contribution in [0.2, 0.25) is 0 Å². The molecular formula is C19H26ClF2N3O3. The highest BCUT2D eigenvalue weighted by atomic mass is 35.5. The third-order valence-corrected chi connectivity index (χ3v) is 5.22. The molecule has 2 aliphatic rings. The molecule has 1 aromatic carbocycles. The number of nitrogens with one attached hydrogen (secondary N) is 1. The van der Waals surface area contributed by atoms with Crippen LogP contribution in [0.15, 0.2) is 24.3 Å². The molecule has 28 heavy (non-hydrogen) atoms. The molecule has 0 aromatic heterocycles. The van der Waals surface area contributed by atoms with E-state index in [-0.39, 0.29) is 29.6 Å². The van der Waals surface area contributed by atoms with Gasteiger partial charge in [-0.25, -0.2) is 0 Å². The van der Waals surface area contributed by atoms with Crippen LogP contribution in [-0.2, 0) is 4.79 Å². The topological polar surface area (TPSA) is 61.9 Å². The van der Waals surface area contributed by atoms with E-state index < -0.39 is 18.6 Å². The SMILES string of the molecule is CNCC1CCN(C(=O)C2CCCN2C(=O)c2ccccc2OC(F)F)C1.Cl. The molecule has 9 heteroatoms. The standard InChI is InChI=1S/C19H25F2N3O3.ClH/c1-22-11-13-8-10-23(12-13)18(26)15-6-4-9-24(15)17(25)14-5-2-3-7-16(14)27-19(20)21;/h2-3,5,7,13,15,19,22H,4,6,8-12H2,1H3;1H. The van der Waals surface area contributed by atoms with Crippen LogP contribution < -0.4 is 10.1 Å². The van der Waals surface area contributed by atoms with E-state index in [0.29, 0.717) is 38.4 Å². The molecular weight excluding hydrogens is 392 g/mol. The Morgan fingerprint density at radius 3 is 2.71 bits per heavy atom. The Bertz CT molecular complexity index is 692. The Hall–Kier alpha value is -1.93. The highest BCUT2D eigenvalue weighted by Gasteiger charge is 2.39. The maximum atomic E-state index is 13.0. The summed E-state index contributed by atoms with van der Waals surface area (Å²) in [5.41, 5.74) is 0.0620. The second kappa shape index (κ2) is 10.0. The molecule has 2 saturated heterocycles. The van der Waals surface area contributed by atoms with Crippen molar-refractivity contribution in [3.8, 4) is 5.75 Å². The lowest BCUT2D eigenvalue weighted by molar-refractivity contribution is -0.134. The Morgan fingerprint density at radius 1 is 1.25 bits per heavy atom. The Balaban J connectivity index is 0.00000280. The molecule has 2 atom stereocenters. The largest absolute Gasteiger partial charge is 0.434 e. The van der Waals surface area contributed by atoms with E-state index >= 15 is 0 Å². The minimum atomic E-state index is -3.01. The van der Waals surface area contributed by atoms with Crippen LogP contribution >= 0.6 is 12.4 Å². The molecule has 0 aliphatic carbocycles. The van der Waals surface area contributed by atoms with Gasteiger partial charge < -0.3 is 19.9 Å². The second-order valence-electron chi connectivity index (χ2n) is 7.03. The van der Waals surface area contributed by atoms with E-state index in [1.54, 1.807) is 6.07 Å². The molecule has 0 spiro atoms. The lowest BCUT2D eigenvalue weighted by Gasteiger charge is -2.28. The summed E-state index contributed by atoms with van der Waals surface area (Å²) < 4.78 is 29.8. The zero-order chi connectivity index (χ0) is 19.4. The number of nitrogens with zero attached hydrogens (tertiary/aromatic N) is 2. The molecule has 0 saturated carbocycles. The highest BCUT2D eigenvalue weighted by Crippen LogP contribution is 2.28. The molecule has 2 unspecified atom stereocenters. The summed E-state index contributed by atoms with van der Waals surface area (Å²) in [6, 6.07) is 5.40. The van der Waals surface area contributed by atoms with Gasteiger partial charge >= 0.3 is 6.61 Å². The number of rotatable bonds is 6. The number of likely N-dealkylation sites (tertiary alicyclic amines) is 2. The van der Waals surface area contributed by atoms with Crippen LogP contribution in [0.3, 0.4) is 0 Å². The average molecular weight is 418 g/mol. The van der Waals surface area contributed by atoms with E-state index in [1.807, 2.05) is 11.9 Å². The molecule has 1 N–H and O–H groups in total. The monoisotopic (exact) mass is 417 g/mol. The van der Waals surface area contributed by atoms with E-state index in [9.17, 15) is 18.4 Å². The first kappa shape index (κ1) is 22.4. The molecule has 2 heterocycles. The first-order valence-electron chi connectivity index (χ1n) is 9.29. The lowest BCUT2D eigenvalue weighted by Crippen LogP contribution is -2.47. The van der Waals surface area contributed by atoms with Crippen molar-refractivity contribution < 1.29 is 23.1 Å². The highest BCUT2D eigenvalue weighted by molar-refractivity contribution is 6.00. The van der Waals surface area contributed by atoms with Crippen LogP contribution in [0.1, 0.15) is 29.6 Å². The minimum absolute atomic E-state index is 0. The van der Waals surface area contributed by atoms with Gasteiger partial charge in [-0.2, -0.15) is 8.78 Å². The Labute approximate surface area is 169 Å². The number of hydrogen-bond donors (Lipinski definition) is 1. The van der Waals surface area contributed by atoms with Crippen LogP contribution in [0.5, 0.6) is 5.75 Å². The van der Waals surface area contributed by atoms with Crippen molar-refractivity contribution in [2.24, 2.45) is 5.92 Å². The Kier molecular flexibility index (Phi) is 8.00. The van der Waals surface area contributed by atoms with E-state index in [0.717, 1.165) is 13.0 Å². The van der Waals surface area contributed by atoms with Crippen LogP contribution in [0, 0.1) is 5.92 Å². The first-order chi connectivity index (χ1) is 13.0. The molecule has 1 aromatic rings. The average Bonchev–Trinajstić information content (AvgIpc) is 3.30. The molecule has 2 aliphatic heterocycles. The van der Waals surface area contributed by atoms with Crippen molar-refractivity contribution in [2.45, 2.75) is 31.9 Å². The number of halogens is 3. The molecule has 2 fully saturated rings. The van der Waals surface area contributed by atoms with Crippen molar-refractivity contribution in [2.75, 3.05) is 33.2 Å². The molecule has 2 amide bonds. The van der Waals surface area contributed by atoms with Gasteiger partial charge in [-0.3, -0.25) is 9.59 Å². The summed E-state index contributed by atoms with van der Waals surface area (Å²) in [4.78, 5) is 29.3. The molecule has 6 nitrogen and oxygen atoms in total. The van der Waals surface area contributed by atoms with Gasteiger partial charge in [0.25, 0.3) is 5.91 Å². The third kappa shape index (κ3) is 4.91. The molecule has 3 rings (SSSR count). The minimum Gasteiger partial charge on any atom is -0.434 e. The van der Waals surface area contributed by atoms with E-state index in [2.05, 4.69) is 10.1 Å². The fourth-order valence-corrected chi connectivity index (χ4v) is 3.96. The van der Waals surface area contributed by atoms with Crippen LogP contribution in [0.4, 0.5) is 8.78 Å². The summed E-state index contributed by atoms with van der Waals surface area (Å²) in [7, 11) is 1.89. The number of ether oxygens (including phenoxy) is 1. The zero-order valence-electron chi connectivity index (χ0n) is 15.8. The van der Waals surface area contributed by atoms with Gasteiger partial charge in [-0.05, 0) is 50.9 Å². The number of hydrogen-bond acceptors (Lipinski definition) is 4. The molecule has 0 bridgehead atoms. The van der Waals surface area contributed by atoms with E-state index in [1.165, 1.54) is 23.1 Å². The summed E-state index contributed by atoms with van der Waals surface area (Å²) in [5, 5.41) is 3.13. The number of carbonyl (C=O) groups is 2. The maximum Gasteiger partial charge on any atom is 0.387 e. The van der Waals surface area contributed by atoms with Gasteiger partial charge in [0.05, 0.1) is 5.56 Å². The predicted molar refractivity (Wildman–Crippen MR) is 103 cm³/mol. The van der Waals surface area contributed by atoms with Crippen molar-refractivity contribution in [1.82, 2.24) is 15.1 Å². The number of para-hydroxylation sites is 1. The van der Waals surface area contributed by atoms with Crippen molar-refractivity contribution in [3.05, 3.63) is 29.8 Å². The number of carbonyl (C=O) groups excluding carboxylic acids is 2. The van der Waals surface area contributed by atoms with Crippen molar-refractivity contribution in [1.29, 1.82) is 0 Å². The quantitative estimate of drug-likeness (QED) is 0.772. The first-order valence-corrected chi connectivity index (χ1v) is 9.29. The van der Waals surface area contributed by atoms with Gasteiger partial charge in [0.15, 0.2) is 0 Å². The van der Waals surface area contributed by atoms with Crippen molar-refractivity contribution in [3.63, 3.8) is 0 Å². The number of benzene rings is 1. The van der Waals surface area contributed by atoms with Gasteiger partial charge in [0, 0.05) is 19.6 Å². The summed E-state index contributed by atoms with van der Waals surface area (Å²) >= 11 is 0. The fourth-order valence-electron chi connectivity index (χ4n) is 3.96. The van der Waals surface area contributed by atoms with Gasteiger partial charge in [0.2, 0.25) is 5.91 Å². The number of amides is 2.